The van der Waals surface area contributed by atoms with E-state index in [1.807, 2.05) is 11.6 Å². The summed E-state index contributed by atoms with van der Waals surface area (Å²) in [4.78, 5) is 14.6. The van der Waals surface area contributed by atoms with Gasteiger partial charge in [-0.3, -0.25) is 9.48 Å². The fourth-order valence-electron chi connectivity index (χ4n) is 3.53. The molecule has 3 heterocycles. The van der Waals surface area contributed by atoms with Crippen LogP contribution < -0.4 is 0 Å². The van der Waals surface area contributed by atoms with Gasteiger partial charge in [-0.2, -0.15) is 5.10 Å². The van der Waals surface area contributed by atoms with Crippen LogP contribution in [0.15, 0.2) is 6.07 Å². The zero-order valence-corrected chi connectivity index (χ0v) is 13.0. The van der Waals surface area contributed by atoms with Crippen LogP contribution in [0, 0.1) is 13.8 Å². The molecule has 5 nitrogen and oxygen atoms in total. The third-order valence-corrected chi connectivity index (χ3v) is 4.61. The summed E-state index contributed by atoms with van der Waals surface area (Å²) in [5.74, 6) is 0.255. The van der Waals surface area contributed by atoms with Gasteiger partial charge >= 0.3 is 0 Å². The molecule has 1 aromatic heterocycles. The standard InChI is InChI=1S/C16H25N3O2/c1-12-9-13(2)19(17-12)11-14-5-3-7-18(14)16(20)10-15-6-4-8-21-15/h9,14-15H,3-8,10-11H2,1-2H3/t14-,15-/m0/s1. The molecule has 2 atom stereocenters. The largest absolute Gasteiger partial charge is 0.378 e. The van der Waals surface area contributed by atoms with Crippen molar-refractivity contribution >= 4 is 5.91 Å². The molecule has 0 bridgehead atoms. The highest BCUT2D eigenvalue weighted by molar-refractivity contribution is 5.77. The molecule has 0 spiro atoms. The Balaban J connectivity index is 1.61. The Kier molecular flexibility index (Phi) is 4.29. The number of aromatic nitrogens is 2. The summed E-state index contributed by atoms with van der Waals surface area (Å²) in [6, 6.07) is 2.38. The minimum absolute atomic E-state index is 0.146. The molecular weight excluding hydrogens is 266 g/mol. The summed E-state index contributed by atoms with van der Waals surface area (Å²) < 4.78 is 7.63. The predicted molar refractivity (Wildman–Crippen MR) is 80.0 cm³/mol. The zero-order chi connectivity index (χ0) is 14.8. The third-order valence-electron chi connectivity index (χ3n) is 4.61. The number of likely N-dealkylation sites (tertiary alicyclic amines) is 1. The van der Waals surface area contributed by atoms with Crippen LogP contribution in [-0.4, -0.2) is 45.9 Å². The fraction of sp³-hybridized carbons (Fsp3) is 0.750. The van der Waals surface area contributed by atoms with Crippen molar-refractivity contribution in [3.8, 4) is 0 Å². The number of aryl methyl sites for hydroxylation is 2. The second kappa shape index (κ2) is 6.18. The first kappa shape index (κ1) is 14.6. The number of nitrogens with zero attached hydrogens (tertiary/aromatic N) is 3. The highest BCUT2D eigenvalue weighted by atomic mass is 16.5. The molecule has 5 heteroatoms. The number of carbonyl (C=O) groups is 1. The molecule has 116 valence electrons. The van der Waals surface area contributed by atoms with Crippen molar-refractivity contribution in [1.82, 2.24) is 14.7 Å². The molecule has 0 radical (unpaired) electrons. The normalized spacial score (nSPS) is 25.7. The van der Waals surface area contributed by atoms with Crippen LogP contribution in [0.4, 0.5) is 0 Å². The maximum absolute atomic E-state index is 12.5. The summed E-state index contributed by atoms with van der Waals surface area (Å²) in [5, 5.41) is 4.52. The summed E-state index contributed by atoms with van der Waals surface area (Å²) in [7, 11) is 0. The van der Waals surface area contributed by atoms with E-state index in [0.717, 1.165) is 51.1 Å². The van der Waals surface area contributed by atoms with Crippen molar-refractivity contribution in [1.29, 1.82) is 0 Å². The maximum atomic E-state index is 12.5. The zero-order valence-electron chi connectivity index (χ0n) is 13.0. The van der Waals surface area contributed by atoms with Crippen molar-refractivity contribution in [2.75, 3.05) is 13.2 Å². The lowest BCUT2D eigenvalue weighted by molar-refractivity contribution is -0.134. The molecule has 2 fully saturated rings. The molecular formula is C16H25N3O2. The molecule has 0 saturated carbocycles. The van der Waals surface area contributed by atoms with Gasteiger partial charge in [-0.1, -0.05) is 0 Å². The fourth-order valence-corrected chi connectivity index (χ4v) is 3.53. The van der Waals surface area contributed by atoms with Gasteiger partial charge in [0.25, 0.3) is 0 Å². The second-order valence-corrected chi connectivity index (χ2v) is 6.33. The van der Waals surface area contributed by atoms with Gasteiger partial charge in [0.15, 0.2) is 0 Å². The van der Waals surface area contributed by atoms with Gasteiger partial charge in [-0.15, -0.1) is 0 Å². The van der Waals surface area contributed by atoms with E-state index in [9.17, 15) is 4.79 Å². The lowest BCUT2D eigenvalue weighted by Crippen LogP contribution is -2.39. The number of hydrogen-bond acceptors (Lipinski definition) is 3. The van der Waals surface area contributed by atoms with Crippen molar-refractivity contribution in [2.45, 2.75) is 64.6 Å². The molecule has 0 aliphatic carbocycles. The maximum Gasteiger partial charge on any atom is 0.225 e. The molecule has 1 aromatic rings. The van der Waals surface area contributed by atoms with E-state index in [1.54, 1.807) is 0 Å². The SMILES string of the molecule is Cc1cc(C)n(C[C@@H]2CCCN2C(=O)C[C@@H]2CCCO2)n1. The van der Waals surface area contributed by atoms with E-state index < -0.39 is 0 Å². The van der Waals surface area contributed by atoms with Crippen molar-refractivity contribution < 1.29 is 9.53 Å². The summed E-state index contributed by atoms with van der Waals surface area (Å²) in [5.41, 5.74) is 2.22. The number of carbonyl (C=O) groups excluding carboxylic acids is 1. The van der Waals surface area contributed by atoms with E-state index >= 15 is 0 Å². The van der Waals surface area contributed by atoms with Crippen molar-refractivity contribution in [3.63, 3.8) is 0 Å². The first-order valence-corrected chi connectivity index (χ1v) is 8.05. The minimum atomic E-state index is 0.146. The molecule has 1 amide bonds. The topological polar surface area (TPSA) is 47.4 Å². The molecule has 2 aliphatic heterocycles. The molecule has 0 aromatic carbocycles. The van der Waals surface area contributed by atoms with Crippen LogP contribution in [0.1, 0.15) is 43.5 Å². The van der Waals surface area contributed by atoms with E-state index in [2.05, 4.69) is 23.0 Å². The van der Waals surface area contributed by atoms with Crippen LogP contribution >= 0.6 is 0 Å². The average molecular weight is 291 g/mol. The highest BCUT2D eigenvalue weighted by Gasteiger charge is 2.31. The molecule has 3 rings (SSSR count). The third kappa shape index (κ3) is 3.28. The Bertz CT molecular complexity index is 506. The van der Waals surface area contributed by atoms with Crippen LogP contribution in [0.25, 0.3) is 0 Å². The van der Waals surface area contributed by atoms with Gasteiger partial charge in [-0.05, 0) is 45.6 Å². The first-order chi connectivity index (χ1) is 10.1. The minimum Gasteiger partial charge on any atom is -0.378 e. The van der Waals surface area contributed by atoms with Crippen molar-refractivity contribution in [3.05, 3.63) is 17.5 Å². The van der Waals surface area contributed by atoms with E-state index in [4.69, 9.17) is 4.74 Å². The van der Waals surface area contributed by atoms with Crippen LogP contribution in [0.3, 0.4) is 0 Å². The average Bonchev–Trinajstić information content (AvgIpc) is 3.13. The number of amides is 1. The molecule has 0 N–H and O–H groups in total. The number of hydrogen-bond donors (Lipinski definition) is 0. The first-order valence-electron chi connectivity index (χ1n) is 8.05. The van der Waals surface area contributed by atoms with E-state index in [0.29, 0.717) is 6.42 Å². The van der Waals surface area contributed by atoms with Gasteiger partial charge in [0.1, 0.15) is 0 Å². The second-order valence-electron chi connectivity index (χ2n) is 6.33. The van der Waals surface area contributed by atoms with Crippen molar-refractivity contribution in [2.24, 2.45) is 0 Å². The molecule has 2 saturated heterocycles. The van der Waals surface area contributed by atoms with E-state index in [-0.39, 0.29) is 18.1 Å². The Morgan fingerprint density at radius 2 is 2.24 bits per heavy atom. The highest BCUT2D eigenvalue weighted by Crippen LogP contribution is 2.23. The van der Waals surface area contributed by atoms with Gasteiger partial charge in [-0.25, -0.2) is 0 Å². The smallest absolute Gasteiger partial charge is 0.225 e. The summed E-state index contributed by atoms with van der Waals surface area (Å²) >= 11 is 0. The summed E-state index contributed by atoms with van der Waals surface area (Å²) in [6.45, 7) is 6.60. The predicted octanol–water partition coefficient (Wildman–Crippen LogP) is 2.06. The molecule has 0 unspecified atom stereocenters. The van der Waals surface area contributed by atoms with E-state index in [1.165, 1.54) is 5.69 Å². The van der Waals surface area contributed by atoms with Crippen LogP contribution in [-0.2, 0) is 16.1 Å². The monoisotopic (exact) mass is 291 g/mol. The summed E-state index contributed by atoms with van der Waals surface area (Å²) in [6.07, 6.45) is 4.99. The van der Waals surface area contributed by atoms with Gasteiger partial charge < -0.3 is 9.64 Å². The van der Waals surface area contributed by atoms with Gasteiger partial charge in [0.2, 0.25) is 5.91 Å². The Labute approximate surface area is 126 Å². The lowest BCUT2D eigenvalue weighted by Gasteiger charge is -2.26. The quantitative estimate of drug-likeness (QED) is 0.853. The molecule has 2 aliphatic rings. The Morgan fingerprint density at radius 1 is 1.38 bits per heavy atom. The van der Waals surface area contributed by atoms with Crippen LogP contribution in [0.5, 0.6) is 0 Å². The number of rotatable bonds is 4. The van der Waals surface area contributed by atoms with Gasteiger partial charge in [0, 0.05) is 18.8 Å². The van der Waals surface area contributed by atoms with Gasteiger partial charge in [0.05, 0.1) is 30.8 Å². The van der Waals surface area contributed by atoms with Crippen LogP contribution in [0.2, 0.25) is 0 Å². The lowest BCUT2D eigenvalue weighted by atomic mass is 10.1. The number of ether oxygens (including phenoxy) is 1. The Morgan fingerprint density at radius 3 is 2.90 bits per heavy atom. The Hall–Kier alpha value is -1.36. The molecule has 21 heavy (non-hydrogen) atoms.